The van der Waals surface area contributed by atoms with Gasteiger partial charge in [0.05, 0.1) is 6.54 Å². The molecule has 1 aliphatic rings. The summed E-state index contributed by atoms with van der Waals surface area (Å²) in [5, 5.41) is 3.15. The Morgan fingerprint density at radius 3 is 2.65 bits per heavy atom. The number of hydrogen-bond donors (Lipinski definition) is 2. The molecule has 98 valence electrons. The Hall–Kier alpha value is -1.03. The van der Waals surface area contributed by atoms with Gasteiger partial charge in [-0.2, -0.15) is 0 Å². The molecule has 0 spiro atoms. The number of rotatable bonds is 7. The molecule has 17 heavy (non-hydrogen) atoms. The van der Waals surface area contributed by atoms with Crippen LogP contribution in [0.1, 0.15) is 33.6 Å². The zero-order valence-electron chi connectivity index (χ0n) is 11.4. The lowest BCUT2D eigenvalue weighted by atomic mass is 10.3. The predicted octanol–water partition coefficient (Wildman–Crippen LogP) is 1.34. The molecule has 4 heteroatoms. The summed E-state index contributed by atoms with van der Waals surface area (Å²) >= 11 is 0. The first kappa shape index (κ1) is 14.0. The van der Waals surface area contributed by atoms with E-state index in [1.54, 1.807) is 0 Å². The largest absolute Gasteiger partial charge is 0.370 e. The van der Waals surface area contributed by atoms with Gasteiger partial charge in [-0.1, -0.05) is 12.2 Å². The summed E-state index contributed by atoms with van der Waals surface area (Å²) in [6.07, 6.45) is 2.69. The fourth-order valence-corrected chi connectivity index (χ4v) is 1.86. The van der Waals surface area contributed by atoms with Crippen LogP contribution >= 0.6 is 0 Å². The fraction of sp³-hybridized carbons (Fsp3) is 0.769. The SMILES string of the molecule is C=C(C)CN=C(N)NCCN(C(C)C)C1CC1. The van der Waals surface area contributed by atoms with E-state index in [9.17, 15) is 0 Å². The van der Waals surface area contributed by atoms with Crippen LogP contribution in [-0.4, -0.2) is 42.6 Å². The number of aliphatic imine (C=N–C) groups is 1. The van der Waals surface area contributed by atoms with Gasteiger partial charge in [-0.05, 0) is 33.6 Å². The van der Waals surface area contributed by atoms with Gasteiger partial charge in [0.25, 0.3) is 0 Å². The number of hydrogen-bond acceptors (Lipinski definition) is 2. The Balaban J connectivity index is 2.21. The third-order valence-corrected chi connectivity index (χ3v) is 2.87. The van der Waals surface area contributed by atoms with E-state index in [0.717, 1.165) is 24.7 Å². The topological polar surface area (TPSA) is 53.6 Å². The van der Waals surface area contributed by atoms with Crippen molar-refractivity contribution in [3.05, 3.63) is 12.2 Å². The van der Waals surface area contributed by atoms with Gasteiger partial charge in [-0.15, -0.1) is 0 Å². The molecule has 1 fully saturated rings. The van der Waals surface area contributed by atoms with Crippen LogP contribution in [0.15, 0.2) is 17.1 Å². The van der Waals surface area contributed by atoms with Gasteiger partial charge >= 0.3 is 0 Å². The molecule has 0 bridgehead atoms. The van der Waals surface area contributed by atoms with E-state index in [0.29, 0.717) is 18.5 Å². The maximum Gasteiger partial charge on any atom is 0.188 e. The first-order valence-corrected chi connectivity index (χ1v) is 6.44. The first-order valence-electron chi connectivity index (χ1n) is 6.44. The van der Waals surface area contributed by atoms with E-state index in [4.69, 9.17) is 5.73 Å². The summed E-state index contributed by atoms with van der Waals surface area (Å²) in [6.45, 7) is 12.7. The van der Waals surface area contributed by atoms with Crippen molar-refractivity contribution < 1.29 is 0 Å². The van der Waals surface area contributed by atoms with Crippen LogP contribution in [0.3, 0.4) is 0 Å². The Morgan fingerprint density at radius 2 is 2.18 bits per heavy atom. The van der Waals surface area contributed by atoms with Gasteiger partial charge in [0.1, 0.15) is 0 Å². The Kier molecular flexibility index (Phi) is 5.48. The van der Waals surface area contributed by atoms with E-state index in [1.807, 2.05) is 6.92 Å². The van der Waals surface area contributed by atoms with Gasteiger partial charge in [0.15, 0.2) is 5.96 Å². The molecule has 1 rings (SSSR count). The number of nitrogens with zero attached hydrogens (tertiary/aromatic N) is 2. The maximum atomic E-state index is 5.76. The minimum Gasteiger partial charge on any atom is -0.370 e. The second kappa shape index (κ2) is 6.64. The molecule has 0 saturated heterocycles. The highest BCUT2D eigenvalue weighted by Gasteiger charge is 2.29. The summed E-state index contributed by atoms with van der Waals surface area (Å²) in [5.41, 5.74) is 6.78. The molecule has 4 nitrogen and oxygen atoms in total. The normalized spacial score (nSPS) is 16.6. The van der Waals surface area contributed by atoms with Crippen LogP contribution in [0.2, 0.25) is 0 Å². The molecule has 0 heterocycles. The monoisotopic (exact) mass is 238 g/mol. The van der Waals surface area contributed by atoms with Crippen molar-refractivity contribution in [1.29, 1.82) is 0 Å². The molecule has 0 atom stereocenters. The zero-order valence-corrected chi connectivity index (χ0v) is 11.4. The molecule has 3 N–H and O–H groups in total. The van der Waals surface area contributed by atoms with Gasteiger partial charge in [-0.3, -0.25) is 4.90 Å². The molecule has 0 radical (unpaired) electrons. The lowest BCUT2D eigenvalue weighted by Gasteiger charge is -2.26. The second-order valence-corrected chi connectivity index (χ2v) is 5.15. The summed E-state index contributed by atoms with van der Waals surface area (Å²) in [7, 11) is 0. The summed E-state index contributed by atoms with van der Waals surface area (Å²) < 4.78 is 0. The molecule has 0 aromatic rings. The molecule has 0 amide bonds. The lowest BCUT2D eigenvalue weighted by molar-refractivity contribution is 0.215. The molecular formula is C13H26N4. The van der Waals surface area contributed by atoms with Crippen molar-refractivity contribution in [1.82, 2.24) is 10.2 Å². The van der Waals surface area contributed by atoms with E-state index in [2.05, 4.69) is 35.6 Å². The standard InChI is InChI=1S/C13H26N4/c1-10(2)9-16-13(14)15-7-8-17(11(3)4)12-5-6-12/h11-12H,1,5-9H2,2-4H3,(H3,14,15,16). The summed E-state index contributed by atoms with van der Waals surface area (Å²) in [5.74, 6) is 0.521. The lowest BCUT2D eigenvalue weighted by Crippen LogP contribution is -2.42. The average molecular weight is 238 g/mol. The minimum atomic E-state index is 0.521. The van der Waals surface area contributed by atoms with Crippen molar-refractivity contribution in [2.45, 2.75) is 45.7 Å². The van der Waals surface area contributed by atoms with Crippen LogP contribution in [-0.2, 0) is 0 Å². The van der Waals surface area contributed by atoms with Crippen molar-refractivity contribution >= 4 is 5.96 Å². The molecule has 0 unspecified atom stereocenters. The minimum absolute atomic E-state index is 0.521. The smallest absolute Gasteiger partial charge is 0.188 e. The molecule has 1 aliphatic carbocycles. The van der Waals surface area contributed by atoms with Gasteiger partial charge in [0.2, 0.25) is 0 Å². The van der Waals surface area contributed by atoms with E-state index in [1.165, 1.54) is 12.8 Å². The third kappa shape index (κ3) is 5.73. The first-order chi connectivity index (χ1) is 8.00. The number of nitrogens with two attached hydrogens (primary N) is 1. The highest BCUT2D eigenvalue weighted by atomic mass is 15.2. The van der Waals surface area contributed by atoms with Crippen molar-refractivity contribution in [3.63, 3.8) is 0 Å². The Labute approximate surface area is 105 Å². The van der Waals surface area contributed by atoms with Crippen LogP contribution < -0.4 is 11.1 Å². The highest BCUT2D eigenvalue weighted by molar-refractivity contribution is 5.77. The molecular weight excluding hydrogens is 212 g/mol. The molecule has 0 aliphatic heterocycles. The van der Waals surface area contributed by atoms with Crippen molar-refractivity contribution in [2.75, 3.05) is 19.6 Å². The Bertz CT molecular complexity index is 277. The van der Waals surface area contributed by atoms with Crippen LogP contribution in [0.5, 0.6) is 0 Å². The summed E-state index contributed by atoms with van der Waals surface area (Å²) in [6, 6.07) is 1.41. The number of guanidine groups is 1. The van der Waals surface area contributed by atoms with Crippen molar-refractivity contribution in [3.8, 4) is 0 Å². The molecule has 0 aromatic carbocycles. The Morgan fingerprint density at radius 1 is 1.53 bits per heavy atom. The number of nitrogens with one attached hydrogen (secondary N) is 1. The highest BCUT2D eigenvalue weighted by Crippen LogP contribution is 2.27. The zero-order chi connectivity index (χ0) is 12.8. The maximum absolute atomic E-state index is 5.76. The average Bonchev–Trinajstić information content (AvgIpc) is 3.04. The van der Waals surface area contributed by atoms with E-state index >= 15 is 0 Å². The molecule has 0 aromatic heterocycles. The van der Waals surface area contributed by atoms with E-state index in [-0.39, 0.29) is 0 Å². The van der Waals surface area contributed by atoms with Crippen LogP contribution in [0.25, 0.3) is 0 Å². The van der Waals surface area contributed by atoms with Gasteiger partial charge in [0, 0.05) is 25.2 Å². The van der Waals surface area contributed by atoms with Crippen LogP contribution in [0, 0.1) is 0 Å². The molecule has 1 saturated carbocycles. The van der Waals surface area contributed by atoms with Crippen LogP contribution in [0.4, 0.5) is 0 Å². The fourth-order valence-electron chi connectivity index (χ4n) is 1.86. The second-order valence-electron chi connectivity index (χ2n) is 5.15. The van der Waals surface area contributed by atoms with Crippen molar-refractivity contribution in [2.24, 2.45) is 10.7 Å². The predicted molar refractivity (Wildman–Crippen MR) is 74.2 cm³/mol. The van der Waals surface area contributed by atoms with Gasteiger partial charge < -0.3 is 11.1 Å². The quantitative estimate of drug-likeness (QED) is 0.400. The van der Waals surface area contributed by atoms with Gasteiger partial charge in [-0.25, -0.2) is 4.99 Å². The third-order valence-electron chi connectivity index (χ3n) is 2.87. The summed E-state index contributed by atoms with van der Waals surface area (Å²) in [4.78, 5) is 6.72. The van der Waals surface area contributed by atoms with E-state index < -0.39 is 0 Å².